The van der Waals surface area contributed by atoms with Crippen molar-refractivity contribution in [2.75, 3.05) is 19.4 Å². The van der Waals surface area contributed by atoms with E-state index in [0.29, 0.717) is 18.5 Å². The van der Waals surface area contributed by atoms with Crippen LogP contribution in [0.5, 0.6) is 5.75 Å². The molecule has 1 aromatic rings. The van der Waals surface area contributed by atoms with Crippen LogP contribution in [0.3, 0.4) is 0 Å². The molecule has 0 radical (unpaired) electrons. The van der Waals surface area contributed by atoms with Gasteiger partial charge < -0.3 is 20.6 Å². The Morgan fingerprint density at radius 2 is 1.74 bits per heavy atom. The van der Waals surface area contributed by atoms with E-state index < -0.39 is 0 Å². The Kier molecular flexibility index (Phi) is 8.51. The van der Waals surface area contributed by atoms with E-state index in [0.717, 1.165) is 12.8 Å². The molecule has 1 atom stereocenters. The smallest absolute Gasteiger partial charge is 0.257 e. The molecule has 0 aliphatic rings. The molecule has 0 aliphatic carbocycles. The predicted octanol–water partition coefficient (Wildman–Crippen LogP) is 2.53. The van der Waals surface area contributed by atoms with Crippen molar-refractivity contribution in [2.24, 2.45) is 5.92 Å². The van der Waals surface area contributed by atoms with Crippen LogP contribution in [0.2, 0.25) is 0 Å². The number of amides is 1. The average Bonchev–Trinajstić information content (AvgIpc) is 2.63. The summed E-state index contributed by atoms with van der Waals surface area (Å²) in [4.78, 5) is 36.5. The van der Waals surface area contributed by atoms with E-state index in [1.807, 2.05) is 6.92 Å². The first-order valence-electron chi connectivity index (χ1n) is 8.93. The SMILES string of the molecule is CC(C)CCC(C)N/C(C=O)=C(/C=O)Nc1cccc(C(=O)N(C)C)c1O. The van der Waals surface area contributed by atoms with E-state index in [4.69, 9.17) is 0 Å². The van der Waals surface area contributed by atoms with Crippen LogP contribution >= 0.6 is 0 Å². The number of benzene rings is 1. The van der Waals surface area contributed by atoms with Crippen LogP contribution in [0.1, 0.15) is 44.0 Å². The van der Waals surface area contributed by atoms with Gasteiger partial charge in [0.05, 0.1) is 11.3 Å². The van der Waals surface area contributed by atoms with Gasteiger partial charge in [-0.2, -0.15) is 0 Å². The molecular weight excluding hydrogens is 346 g/mol. The number of aromatic hydroxyl groups is 1. The summed E-state index contributed by atoms with van der Waals surface area (Å²) in [7, 11) is 3.15. The van der Waals surface area contributed by atoms with Gasteiger partial charge in [-0.25, -0.2) is 0 Å². The Morgan fingerprint density at radius 3 is 2.26 bits per heavy atom. The fraction of sp³-hybridized carbons (Fsp3) is 0.450. The molecule has 1 rings (SSSR count). The van der Waals surface area contributed by atoms with Crippen molar-refractivity contribution in [3.8, 4) is 5.75 Å². The summed E-state index contributed by atoms with van der Waals surface area (Å²) >= 11 is 0. The molecule has 0 aromatic heterocycles. The number of allylic oxidation sites excluding steroid dienone is 2. The van der Waals surface area contributed by atoms with E-state index in [-0.39, 0.29) is 40.3 Å². The highest BCUT2D eigenvalue weighted by atomic mass is 16.3. The molecule has 7 nitrogen and oxygen atoms in total. The number of rotatable bonds is 10. The zero-order chi connectivity index (χ0) is 20.6. The molecule has 0 fully saturated rings. The first-order chi connectivity index (χ1) is 12.7. The van der Waals surface area contributed by atoms with Gasteiger partial charge in [0, 0.05) is 20.1 Å². The molecule has 3 N–H and O–H groups in total. The summed E-state index contributed by atoms with van der Waals surface area (Å²) in [5.74, 6) is -0.118. The number of phenolic OH excluding ortho intramolecular Hbond substituents is 1. The maximum atomic E-state index is 12.1. The summed E-state index contributed by atoms with van der Waals surface area (Å²) in [6, 6.07) is 4.59. The second-order valence-electron chi connectivity index (χ2n) is 7.11. The van der Waals surface area contributed by atoms with Crippen LogP contribution in [-0.4, -0.2) is 48.6 Å². The van der Waals surface area contributed by atoms with E-state index in [1.54, 1.807) is 20.2 Å². The van der Waals surface area contributed by atoms with Crippen LogP contribution < -0.4 is 10.6 Å². The first kappa shape index (κ1) is 22.2. The lowest BCUT2D eigenvalue weighted by Gasteiger charge is -2.19. The maximum Gasteiger partial charge on any atom is 0.257 e. The molecule has 0 spiro atoms. The van der Waals surface area contributed by atoms with E-state index in [1.165, 1.54) is 17.0 Å². The standard InChI is InChI=1S/C20H29N3O4/c1-13(2)9-10-14(3)21-17(11-24)18(12-25)22-16-8-6-7-15(19(16)26)20(27)23(4)5/h6-8,11-14,21-22,26H,9-10H2,1-5H3/b18-17-. The summed E-state index contributed by atoms with van der Waals surface area (Å²) in [5, 5.41) is 16.2. The molecule has 0 aliphatic heterocycles. The second-order valence-corrected chi connectivity index (χ2v) is 7.11. The number of carbonyl (C=O) groups is 3. The lowest BCUT2D eigenvalue weighted by molar-refractivity contribution is -0.107. The number of carbonyl (C=O) groups excluding carboxylic acids is 3. The molecule has 7 heteroatoms. The maximum absolute atomic E-state index is 12.1. The highest BCUT2D eigenvalue weighted by molar-refractivity contribution is 5.99. The van der Waals surface area contributed by atoms with Crippen LogP contribution in [0.4, 0.5) is 5.69 Å². The number of hydrogen-bond acceptors (Lipinski definition) is 6. The Morgan fingerprint density at radius 1 is 1.11 bits per heavy atom. The Labute approximate surface area is 160 Å². The van der Waals surface area contributed by atoms with E-state index >= 15 is 0 Å². The van der Waals surface area contributed by atoms with Gasteiger partial charge in [0.1, 0.15) is 11.4 Å². The van der Waals surface area contributed by atoms with Crippen molar-refractivity contribution in [3.05, 3.63) is 35.2 Å². The highest BCUT2D eigenvalue weighted by Crippen LogP contribution is 2.29. The van der Waals surface area contributed by atoms with Gasteiger partial charge in [-0.15, -0.1) is 0 Å². The molecule has 148 valence electrons. The highest BCUT2D eigenvalue weighted by Gasteiger charge is 2.17. The van der Waals surface area contributed by atoms with Crippen molar-refractivity contribution in [3.63, 3.8) is 0 Å². The molecule has 1 aromatic carbocycles. The lowest BCUT2D eigenvalue weighted by Crippen LogP contribution is -2.29. The quantitative estimate of drug-likeness (QED) is 0.330. The van der Waals surface area contributed by atoms with Gasteiger partial charge in [-0.05, 0) is 37.8 Å². The minimum Gasteiger partial charge on any atom is -0.505 e. The zero-order valence-electron chi connectivity index (χ0n) is 16.6. The zero-order valence-corrected chi connectivity index (χ0v) is 16.6. The second kappa shape index (κ2) is 10.4. The van der Waals surface area contributed by atoms with Gasteiger partial charge in [0.15, 0.2) is 18.3 Å². The molecule has 0 heterocycles. The third-order valence-electron chi connectivity index (χ3n) is 4.05. The summed E-state index contributed by atoms with van der Waals surface area (Å²) in [6.07, 6.45) is 2.90. The van der Waals surface area contributed by atoms with Crippen molar-refractivity contribution in [1.82, 2.24) is 10.2 Å². The fourth-order valence-electron chi connectivity index (χ4n) is 2.46. The third kappa shape index (κ3) is 6.44. The minimum atomic E-state index is -0.371. The predicted molar refractivity (Wildman–Crippen MR) is 106 cm³/mol. The Hall–Kier alpha value is -2.83. The molecule has 0 saturated carbocycles. The van der Waals surface area contributed by atoms with Crippen molar-refractivity contribution < 1.29 is 19.5 Å². The van der Waals surface area contributed by atoms with Crippen molar-refractivity contribution >= 4 is 24.2 Å². The van der Waals surface area contributed by atoms with Crippen molar-refractivity contribution in [2.45, 2.75) is 39.7 Å². The molecule has 27 heavy (non-hydrogen) atoms. The molecule has 0 bridgehead atoms. The average molecular weight is 375 g/mol. The number of phenols is 1. The Bertz CT molecular complexity index is 711. The number of nitrogens with one attached hydrogen (secondary N) is 2. The number of para-hydroxylation sites is 1. The fourth-order valence-corrected chi connectivity index (χ4v) is 2.46. The first-order valence-corrected chi connectivity index (χ1v) is 8.93. The van der Waals surface area contributed by atoms with Gasteiger partial charge in [0.2, 0.25) is 0 Å². The molecule has 1 unspecified atom stereocenters. The van der Waals surface area contributed by atoms with Gasteiger partial charge in [-0.1, -0.05) is 19.9 Å². The summed E-state index contributed by atoms with van der Waals surface area (Å²) in [6.45, 7) is 6.17. The topological polar surface area (TPSA) is 98.7 Å². The van der Waals surface area contributed by atoms with Crippen molar-refractivity contribution in [1.29, 1.82) is 0 Å². The number of aldehydes is 2. The van der Waals surface area contributed by atoms with E-state index in [9.17, 15) is 19.5 Å². The van der Waals surface area contributed by atoms with Crippen LogP contribution in [0, 0.1) is 5.92 Å². The molecule has 0 saturated heterocycles. The summed E-state index contributed by atoms with van der Waals surface area (Å²) < 4.78 is 0. The van der Waals surface area contributed by atoms with Gasteiger partial charge >= 0.3 is 0 Å². The number of nitrogens with zero attached hydrogens (tertiary/aromatic N) is 1. The van der Waals surface area contributed by atoms with E-state index in [2.05, 4.69) is 24.5 Å². The largest absolute Gasteiger partial charge is 0.505 e. The van der Waals surface area contributed by atoms with Crippen LogP contribution in [-0.2, 0) is 9.59 Å². The van der Waals surface area contributed by atoms with Gasteiger partial charge in [0.25, 0.3) is 5.91 Å². The Balaban J connectivity index is 3.09. The van der Waals surface area contributed by atoms with Gasteiger partial charge in [-0.3, -0.25) is 14.4 Å². The lowest BCUT2D eigenvalue weighted by atomic mass is 10.0. The number of anilines is 1. The monoisotopic (exact) mass is 375 g/mol. The number of hydrogen-bond donors (Lipinski definition) is 3. The van der Waals surface area contributed by atoms with Crippen LogP contribution in [0.15, 0.2) is 29.6 Å². The minimum absolute atomic E-state index is 0.000370. The third-order valence-corrected chi connectivity index (χ3v) is 4.05. The normalized spacial score (nSPS) is 12.8. The molecular formula is C20H29N3O4. The molecule has 1 amide bonds. The van der Waals surface area contributed by atoms with Crippen LogP contribution in [0.25, 0.3) is 0 Å². The summed E-state index contributed by atoms with van der Waals surface area (Å²) in [5.41, 5.74) is 0.359.